The molecule has 2 rings (SSSR count). The molecule has 1 aromatic rings. The second-order valence-corrected chi connectivity index (χ2v) is 4.36. The van der Waals surface area contributed by atoms with Gasteiger partial charge in [0.1, 0.15) is 0 Å². The van der Waals surface area contributed by atoms with Gasteiger partial charge in [-0.05, 0) is 6.42 Å². The molecule has 1 amide bonds. The molecule has 1 aliphatic rings. The van der Waals surface area contributed by atoms with E-state index in [1.807, 2.05) is 0 Å². The van der Waals surface area contributed by atoms with Crippen LogP contribution in [0.15, 0.2) is 0 Å². The molecule has 0 radical (unpaired) electrons. The lowest BCUT2D eigenvalue weighted by Gasteiger charge is -2.29. The van der Waals surface area contributed by atoms with Gasteiger partial charge in [0.25, 0.3) is 0 Å². The Hall–Kier alpha value is -1.64. The van der Waals surface area contributed by atoms with Gasteiger partial charge in [-0.15, -0.1) is 10.2 Å². The van der Waals surface area contributed by atoms with Crippen LogP contribution in [0.25, 0.3) is 0 Å². The van der Waals surface area contributed by atoms with Crippen molar-refractivity contribution in [2.75, 3.05) is 6.54 Å². The molecule has 0 fully saturated rings. The highest BCUT2D eigenvalue weighted by Crippen LogP contribution is 2.29. The molecule has 0 saturated carbocycles. The van der Waals surface area contributed by atoms with Crippen molar-refractivity contribution < 1.29 is 18.0 Å². The Balaban J connectivity index is 2.18. The predicted octanol–water partition coefficient (Wildman–Crippen LogP) is 0.376. The number of amides is 1. The number of aromatic nitrogens is 3. The third kappa shape index (κ3) is 2.55. The van der Waals surface area contributed by atoms with E-state index in [1.165, 1.54) is 4.90 Å². The van der Waals surface area contributed by atoms with Gasteiger partial charge < -0.3 is 15.2 Å². The number of carbonyl (C=O) groups excluding carboxylic acids is 1. The SMILES string of the molecule is CC[C@H](N)C(=O)N1CCn2c(nnc2C(F)(F)F)C1. The Bertz CT molecular complexity index is 484. The fraction of sp³-hybridized carbons (Fsp3) is 0.700. The Labute approximate surface area is 107 Å². The van der Waals surface area contributed by atoms with Gasteiger partial charge in [0.15, 0.2) is 5.82 Å². The van der Waals surface area contributed by atoms with Gasteiger partial charge >= 0.3 is 6.18 Å². The molecule has 9 heteroatoms. The second-order valence-electron chi connectivity index (χ2n) is 4.36. The van der Waals surface area contributed by atoms with Gasteiger partial charge in [-0.25, -0.2) is 0 Å². The fourth-order valence-corrected chi connectivity index (χ4v) is 1.96. The standard InChI is InChI=1S/C10H14F3N5O/c1-2-6(14)8(19)17-3-4-18-7(5-17)15-16-9(18)10(11,12)13/h6H,2-5,14H2,1H3/t6-/m0/s1. The van der Waals surface area contributed by atoms with Crippen molar-refractivity contribution in [1.29, 1.82) is 0 Å². The Morgan fingerprint density at radius 2 is 2.11 bits per heavy atom. The average molecular weight is 277 g/mol. The summed E-state index contributed by atoms with van der Waals surface area (Å²) in [5, 5.41) is 6.65. The molecule has 19 heavy (non-hydrogen) atoms. The number of fused-ring (bicyclic) bond motifs is 1. The van der Waals surface area contributed by atoms with Crippen LogP contribution in [0, 0.1) is 0 Å². The van der Waals surface area contributed by atoms with Gasteiger partial charge in [0.05, 0.1) is 12.6 Å². The number of rotatable bonds is 2. The maximum absolute atomic E-state index is 12.6. The Morgan fingerprint density at radius 3 is 2.68 bits per heavy atom. The van der Waals surface area contributed by atoms with Gasteiger partial charge in [-0.2, -0.15) is 13.2 Å². The lowest BCUT2D eigenvalue weighted by Crippen LogP contribution is -2.47. The van der Waals surface area contributed by atoms with E-state index < -0.39 is 18.0 Å². The summed E-state index contributed by atoms with van der Waals surface area (Å²) >= 11 is 0. The smallest absolute Gasteiger partial charge is 0.332 e. The summed E-state index contributed by atoms with van der Waals surface area (Å²) in [5.41, 5.74) is 5.63. The highest BCUT2D eigenvalue weighted by molar-refractivity contribution is 5.81. The summed E-state index contributed by atoms with van der Waals surface area (Å²) in [6.07, 6.45) is -4.05. The molecular weight excluding hydrogens is 263 g/mol. The molecule has 0 unspecified atom stereocenters. The van der Waals surface area contributed by atoms with Crippen LogP contribution in [-0.4, -0.2) is 38.2 Å². The molecule has 2 heterocycles. The lowest BCUT2D eigenvalue weighted by atomic mass is 10.2. The zero-order valence-electron chi connectivity index (χ0n) is 10.3. The van der Waals surface area contributed by atoms with Crippen LogP contribution < -0.4 is 5.73 Å². The summed E-state index contributed by atoms with van der Waals surface area (Å²) < 4.78 is 38.9. The molecule has 0 aromatic carbocycles. The Kier molecular flexibility index (Phi) is 3.48. The van der Waals surface area contributed by atoms with Crippen LogP contribution in [-0.2, 0) is 24.1 Å². The largest absolute Gasteiger partial charge is 0.451 e. The molecule has 1 aliphatic heterocycles. The molecule has 2 N–H and O–H groups in total. The average Bonchev–Trinajstić information content (AvgIpc) is 2.79. The molecule has 1 atom stereocenters. The third-order valence-electron chi connectivity index (χ3n) is 3.08. The van der Waals surface area contributed by atoms with Crippen molar-refractivity contribution in [1.82, 2.24) is 19.7 Å². The molecule has 0 bridgehead atoms. The first-order chi connectivity index (χ1) is 8.84. The maximum Gasteiger partial charge on any atom is 0.451 e. The molecule has 0 spiro atoms. The van der Waals surface area contributed by atoms with E-state index in [0.717, 1.165) is 4.57 Å². The number of nitrogens with zero attached hydrogens (tertiary/aromatic N) is 4. The van der Waals surface area contributed by atoms with Crippen molar-refractivity contribution >= 4 is 5.91 Å². The fourth-order valence-electron chi connectivity index (χ4n) is 1.96. The van der Waals surface area contributed by atoms with Crippen molar-refractivity contribution in [2.45, 2.75) is 38.7 Å². The number of halogens is 3. The quantitative estimate of drug-likeness (QED) is 0.847. The molecule has 6 nitrogen and oxygen atoms in total. The van der Waals surface area contributed by atoms with E-state index in [-0.39, 0.29) is 31.4 Å². The number of hydrogen-bond donors (Lipinski definition) is 1. The monoisotopic (exact) mass is 277 g/mol. The summed E-state index contributed by atoms with van der Waals surface area (Å²) in [6.45, 7) is 1.99. The maximum atomic E-state index is 12.6. The lowest BCUT2D eigenvalue weighted by molar-refractivity contribution is -0.148. The first kappa shape index (κ1) is 13.8. The minimum Gasteiger partial charge on any atom is -0.332 e. The van der Waals surface area contributed by atoms with Gasteiger partial charge in [0.2, 0.25) is 11.7 Å². The van der Waals surface area contributed by atoms with Crippen LogP contribution in [0.2, 0.25) is 0 Å². The van der Waals surface area contributed by atoms with Crippen LogP contribution in [0.5, 0.6) is 0 Å². The van der Waals surface area contributed by atoms with E-state index in [9.17, 15) is 18.0 Å². The van der Waals surface area contributed by atoms with E-state index in [1.54, 1.807) is 6.92 Å². The minimum absolute atomic E-state index is 0.00954. The number of carbonyl (C=O) groups is 1. The molecule has 0 aliphatic carbocycles. The summed E-state index contributed by atoms with van der Waals surface area (Å²) in [6, 6.07) is -0.628. The summed E-state index contributed by atoms with van der Waals surface area (Å²) in [7, 11) is 0. The summed E-state index contributed by atoms with van der Waals surface area (Å²) in [5.74, 6) is -1.16. The van der Waals surface area contributed by atoms with Gasteiger partial charge in [0, 0.05) is 13.1 Å². The highest BCUT2D eigenvalue weighted by atomic mass is 19.4. The zero-order valence-corrected chi connectivity index (χ0v) is 10.3. The third-order valence-corrected chi connectivity index (χ3v) is 3.08. The summed E-state index contributed by atoms with van der Waals surface area (Å²) in [4.78, 5) is 13.3. The molecular formula is C10H14F3N5O. The zero-order chi connectivity index (χ0) is 14.2. The van der Waals surface area contributed by atoms with Crippen LogP contribution >= 0.6 is 0 Å². The topological polar surface area (TPSA) is 77.0 Å². The van der Waals surface area contributed by atoms with Gasteiger partial charge in [-0.1, -0.05) is 6.92 Å². The second kappa shape index (κ2) is 4.80. The van der Waals surface area contributed by atoms with E-state index in [0.29, 0.717) is 6.42 Å². The normalized spacial score (nSPS) is 17.2. The van der Waals surface area contributed by atoms with Crippen molar-refractivity contribution in [3.63, 3.8) is 0 Å². The van der Waals surface area contributed by atoms with Crippen molar-refractivity contribution in [3.8, 4) is 0 Å². The number of alkyl halides is 3. The van der Waals surface area contributed by atoms with E-state index in [2.05, 4.69) is 10.2 Å². The van der Waals surface area contributed by atoms with Crippen molar-refractivity contribution in [3.05, 3.63) is 11.6 Å². The van der Waals surface area contributed by atoms with E-state index in [4.69, 9.17) is 5.73 Å². The first-order valence-corrected chi connectivity index (χ1v) is 5.88. The predicted molar refractivity (Wildman–Crippen MR) is 58.7 cm³/mol. The van der Waals surface area contributed by atoms with Crippen LogP contribution in [0.1, 0.15) is 25.0 Å². The number of nitrogens with two attached hydrogens (primary N) is 1. The Morgan fingerprint density at radius 1 is 1.42 bits per heavy atom. The van der Waals surface area contributed by atoms with Gasteiger partial charge in [-0.3, -0.25) is 4.79 Å². The first-order valence-electron chi connectivity index (χ1n) is 5.88. The molecule has 106 valence electrons. The highest BCUT2D eigenvalue weighted by Gasteiger charge is 2.40. The molecule has 1 aromatic heterocycles. The molecule has 0 saturated heterocycles. The van der Waals surface area contributed by atoms with Crippen molar-refractivity contribution in [2.24, 2.45) is 5.73 Å². The van der Waals surface area contributed by atoms with Crippen LogP contribution in [0.3, 0.4) is 0 Å². The minimum atomic E-state index is -4.53. The number of hydrogen-bond acceptors (Lipinski definition) is 4. The van der Waals surface area contributed by atoms with E-state index >= 15 is 0 Å². The van der Waals surface area contributed by atoms with Crippen LogP contribution in [0.4, 0.5) is 13.2 Å².